The summed E-state index contributed by atoms with van der Waals surface area (Å²) in [5.41, 5.74) is 1.28. The Labute approximate surface area is 84.1 Å². The molecule has 70 valence electrons. The highest BCUT2D eigenvalue weighted by molar-refractivity contribution is 5.52. The van der Waals surface area contributed by atoms with Crippen LogP contribution in [-0.4, -0.2) is 10.8 Å². The van der Waals surface area contributed by atoms with Gasteiger partial charge in [0.25, 0.3) is 0 Å². The fourth-order valence-corrected chi connectivity index (χ4v) is 1.53. The average Bonchev–Trinajstić information content (AvgIpc) is 2.69. The molecule has 0 saturated carbocycles. The topological polar surface area (TPSA) is 12.4 Å². The Morgan fingerprint density at radius 3 is 2.64 bits per heavy atom. The van der Waals surface area contributed by atoms with Gasteiger partial charge < -0.3 is 0 Å². The molecule has 0 bridgehead atoms. The Morgan fingerprint density at radius 2 is 2.07 bits per heavy atom. The van der Waals surface area contributed by atoms with Crippen molar-refractivity contribution in [2.45, 2.75) is 6.54 Å². The molecule has 2 rings (SSSR count). The standard InChI is InChI=1S/C12H13N2/c1-2-14(9-8-13-11-14)10-12-6-4-3-5-7-12/h2-9,11H,1,10H2/q+1. The van der Waals surface area contributed by atoms with E-state index in [2.05, 4.69) is 23.7 Å². The fraction of sp³-hybridized carbons (Fsp3) is 0.0833. The van der Waals surface area contributed by atoms with Crippen molar-refractivity contribution in [3.05, 3.63) is 61.1 Å². The molecule has 1 aliphatic rings. The highest BCUT2D eigenvalue weighted by Crippen LogP contribution is 2.17. The van der Waals surface area contributed by atoms with Gasteiger partial charge in [0.2, 0.25) is 0 Å². The van der Waals surface area contributed by atoms with Crippen LogP contribution in [0.5, 0.6) is 0 Å². The molecule has 0 amide bonds. The van der Waals surface area contributed by atoms with Gasteiger partial charge in [-0.05, 0) is 6.58 Å². The Bertz CT molecular complexity index is 365. The minimum atomic E-state index is 0.601. The lowest BCUT2D eigenvalue weighted by Crippen LogP contribution is -2.32. The molecule has 0 aliphatic carbocycles. The van der Waals surface area contributed by atoms with E-state index in [0.29, 0.717) is 4.48 Å². The molecule has 2 nitrogen and oxygen atoms in total. The molecule has 0 radical (unpaired) electrons. The quantitative estimate of drug-likeness (QED) is 0.642. The molecule has 1 atom stereocenters. The molecule has 0 saturated heterocycles. The van der Waals surface area contributed by atoms with Crippen LogP contribution >= 0.6 is 0 Å². The third kappa shape index (κ3) is 1.65. The van der Waals surface area contributed by atoms with Crippen molar-refractivity contribution in [2.24, 2.45) is 4.99 Å². The zero-order valence-electron chi connectivity index (χ0n) is 8.00. The maximum absolute atomic E-state index is 4.10. The summed E-state index contributed by atoms with van der Waals surface area (Å²) in [5.74, 6) is 0. The van der Waals surface area contributed by atoms with E-state index in [1.807, 2.05) is 43.1 Å². The van der Waals surface area contributed by atoms with E-state index >= 15 is 0 Å². The van der Waals surface area contributed by atoms with Crippen molar-refractivity contribution in [3.63, 3.8) is 0 Å². The number of hydrogen-bond donors (Lipinski definition) is 0. The van der Waals surface area contributed by atoms with E-state index in [0.717, 1.165) is 6.54 Å². The molecule has 1 aromatic carbocycles. The molecule has 14 heavy (non-hydrogen) atoms. The molecule has 2 heteroatoms. The molecule has 1 aromatic rings. The molecule has 0 N–H and O–H groups in total. The normalized spacial score (nSPS) is 24.0. The number of quaternary nitrogens is 1. The molecular formula is C12H13N2+. The molecular weight excluding hydrogens is 172 g/mol. The third-order valence-electron chi connectivity index (χ3n) is 2.35. The number of rotatable bonds is 3. The van der Waals surface area contributed by atoms with Crippen LogP contribution in [0.3, 0.4) is 0 Å². The van der Waals surface area contributed by atoms with Crippen LogP contribution in [0.1, 0.15) is 5.56 Å². The maximum Gasteiger partial charge on any atom is 0.199 e. The zero-order valence-corrected chi connectivity index (χ0v) is 8.00. The number of aliphatic imine (C=N–C) groups is 1. The van der Waals surface area contributed by atoms with Crippen LogP contribution in [0.2, 0.25) is 0 Å². The molecule has 0 fully saturated rings. The van der Waals surface area contributed by atoms with Crippen LogP contribution in [0.15, 0.2) is 60.5 Å². The Hall–Kier alpha value is -1.67. The first-order chi connectivity index (χ1) is 6.85. The molecule has 1 heterocycles. The van der Waals surface area contributed by atoms with E-state index in [4.69, 9.17) is 0 Å². The van der Waals surface area contributed by atoms with Crippen molar-refractivity contribution in [1.29, 1.82) is 0 Å². The summed E-state index contributed by atoms with van der Waals surface area (Å²) in [6.45, 7) is 4.72. The highest BCUT2D eigenvalue weighted by Gasteiger charge is 2.22. The molecule has 0 aromatic heterocycles. The van der Waals surface area contributed by atoms with Crippen molar-refractivity contribution in [3.8, 4) is 0 Å². The molecule has 0 spiro atoms. The van der Waals surface area contributed by atoms with E-state index in [1.54, 1.807) is 0 Å². The highest BCUT2D eigenvalue weighted by atomic mass is 15.4. The maximum atomic E-state index is 4.10. The van der Waals surface area contributed by atoms with Crippen molar-refractivity contribution < 1.29 is 4.48 Å². The Kier molecular flexibility index (Phi) is 2.29. The minimum absolute atomic E-state index is 0.601. The van der Waals surface area contributed by atoms with Gasteiger partial charge in [-0.15, -0.1) is 0 Å². The summed E-state index contributed by atoms with van der Waals surface area (Å²) in [5, 5.41) is 0. The van der Waals surface area contributed by atoms with Gasteiger partial charge >= 0.3 is 0 Å². The Morgan fingerprint density at radius 1 is 1.29 bits per heavy atom. The second-order valence-corrected chi connectivity index (χ2v) is 3.38. The number of nitrogens with zero attached hydrogens (tertiary/aromatic N) is 2. The van der Waals surface area contributed by atoms with Crippen LogP contribution in [0, 0.1) is 0 Å². The Balaban J connectivity index is 2.21. The van der Waals surface area contributed by atoms with E-state index in [9.17, 15) is 0 Å². The first-order valence-corrected chi connectivity index (χ1v) is 4.61. The zero-order chi connectivity index (χ0) is 9.86. The largest absolute Gasteiger partial charge is 0.224 e. The summed E-state index contributed by atoms with van der Waals surface area (Å²) in [4.78, 5) is 4.10. The lowest BCUT2D eigenvalue weighted by atomic mass is 10.2. The SMILES string of the molecule is C=C[N+]1(Cc2ccccc2)C=CN=C1. The third-order valence-corrected chi connectivity index (χ3v) is 2.35. The molecule has 1 aliphatic heterocycles. The lowest BCUT2D eigenvalue weighted by Gasteiger charge is -2.21. The van der Waals surface area contributed by atoms with Gasteiger partial charge in [-0.1, -0.05) is 30.3 Å². The van der Waals surface area contributed by atoms with Gasteiger partial charge in [-0.2, -0.15) is 0 Å². The van der Waals surface area contributed by atoms with Gasteiger partial charge in [0, 0.05) is 5.56 Å². The summed E-state index contributed by atoms with van der Waals surface area (Å²) >= 11 is 0. The van der Waals surface area contributed by atoms with Crippen LogP contribution in [0.25, 0.3) is 0 Å². The summed E-state index contributed by atoms with van der Waals surface area (Å²) in [7, 11) is 0. The number of benzene rings is 1. The van der Waals surface area contributed by atoms with Crippen LogP contribution in [0.4, 0.5) is 0 Å². The van der Waals surface area contributed by atoms with Gasteiger partial charge in [-0.25, -0.2) is 9.48 Å². The minimum Gasteiger partial charge on any atom is -0.224 e. The summed E-state index contributed by atoms with van der Waals surface area (Å²) in [6.07, 6.45) is 7.62. The van der Waals surface area contributed by atoms with E-state index in [1.165, 1.54) is 5.56 Å². The smallest absolute Gasteiger partial charge is 0.199 e. The lowest BCUT2D eigenvalue weighted by molar-refractivity contribution is -0.736. The predicted molar refractivity (Wildman–Crippen MR) is 58.2 cm³/mol. The first-order valence-electron chi connectivity index (χ1n) is 4.61. The first kappa shape index (κ1) is 8.91. The van der Waals surface area contributed by atoms with Gasteiger partial charge in [0.1, 0.15) is 12.7 Å². The van der Waals surface area contributed by atoms with E-state index < -0.39 is 0 Å². The fourth-order valence-electron chi connectivity index (χ4n) is 1.53. The van der Waals surface area contributed by atoms with E-state index in [-0.39, 0.29) is 0 Å². The van der Waals surface area contributed by atoms with Gasteiger partial charge in [0.05, 0.1) is 12.4 Å². The summed E-state index contributed by atoms with van der Waals surface area (Å²) in [6, 6.07) is 10.3. The monoisotopic (exact) mass is 185 g/mol. The average molecular weight is 185 g/mol. The second kappa shape index (κ2) is 3.60. The predicted octanol–water partition coefficient (Wildman–Crippen LogP) is 2.66. The number of hydrogen-bond acceptors (Lipinski definition) is 1. The van der Waals surface area contributed by atoms with Crippen LogP contribution in [-0.2, 0) is 6.54 Å². The van der Waals surface area contributed by atoms with Crippen molar-refractivity contribution in [1.82, 2.24) is 0 Å². The van der Waals surface area contributed by atoms with Crippen molar-refractivity contribution in [2.75, 3.05) is 0 Å². The van der Waals surface area contributed by atoms with Gasteiger partial charge in [0.15, 0.2) is 6.34 Å². The second-order valence-electron chi connectivity index (χ2n) is 3.38. The summed E-state index contributed by atoms with van der Waals surface area (Å²) < 4.78 is 0.601. The van der Waals surface area contributed by atoms with Crippen molar-refractivity contribution >= 4 is 6.34 Å². The van der Waals surface area contributed by atoms with Crippen LogP contribution < -0.4 is 0 Å². The van der Waals surface area contributed by atoms with Gasteiger partial charge in [-0.3, -0.25) is 0 Å². The molecule has 1 unspecified atom stereocenters.